The van der Waals surface area contributed by atoms with Crippen molar-refractivity contribution in [1.82, 2.24) is 15.5 Å². The number of halogens is 1. The summed E-state index contributed by atoms with van der Waals surface area (Å²) in [4.78, 5) is 18.3. The molecule has 5 nitrogen and oxygen atoms in total. The van der Waals surface area contributed by atoms with Gasteiger partial charge in [-0.2, -0.15) is 0 Å². The largest absolute Gasteiger partial charge is 0.359 e. The molecule has 0 bridgehead atoms. The topological polar surface area (TPSA) is 56.7 Å². The number of carbonyl (C=O) groups is 1. The zero-order valence-electron chi connectivity index (χ0n) is 16.3. The Morgan fingerprint density at radius 2 is 1.88 bits per heavy atom. The minimum atomic E-state index is 0. The van der Waals surface area contributed by atoms with Gasteiger partial charge in [-0.15, -0.1) is 24.0 Å². The van der Waals surface area contributed by atoms with E-state index in [1.165, 1.54) is 6.42 Å². The number of rotatable bonds is 6. The van der Waals surface area contributed by atoms with Crippen molar-refractivity contribution in [2.24, 2.45) is 22.2 Å². The van der Waals surface area contributed by atoms with Crippen LogP contribution in [-0.4, -0.2) is 50.5 Å². The molecule has 1 saturated heterocycles. The van der Waals surface area contributed by atoms with E-state index in [0.717, 1.165) is 38.4 Å². The average molecular weight is 452 g/mol. The molecule has 0 aliphatic carbocycles. The first-order chi connectivity index (χ1) is 10.8. The van der Waals surface area contributed by atoms with Gasteiger partial charge in [0, 0.05) is 40.2 Å². The van der Waals surface area contributed by atoms with E-state index >= 15 is 0 Å². The van der Waals surface area contributed by atoms with Crippen LogP contribution in [0.15, 0.2) is 4.99 Å². The molecule has 2 N–H and O–H groups in total. The summed E-state index contributed by atoms with van der Waals surface area (Å²) < 4.78 is 0. The molecule has 24 heavy (non-hydrogen) atoms. The molecular formula is C18H37IN4O. The van der Waals surface area contributed by atoms with Gasteiger partial charge in [0.1, 0.15) is 0 Å². The molecule has 1 heterocycles. The maximum Gasteiger partial charge on any atom is 0.220 e. The van der Waals surface area contributed by atoms with Gasteiger partial charge in [0.05, 0.1) is 0 Å². The average Bonchev–Trinajstić information content (AvgIpc) is 2.47. The number of carbonyl (C=O) groups excluding carboxylic acids is 1. The summed E-state index contributed by atoms with van der Waals surface area (Å²) in [5.41, 5.74) is 0.266. The summed E-state index contributed by atoms with van der Waals surface area (Å²) in [6.45, 7) is 12.1. The van der Waals surface area contributed by atoms with E-state index in [1.54, 1.807) is 7.05 Å². The molecule has 1 fully saturated rings. The molecule has 1 amide bonds. The van der Waals surface area contributed by atoms with Crippen LogP contribution in [0, 0.1) is 17.3 Å². The molecule has 6 heteroatoms. The fourth-order valence-electron chi connectivity index (χ4n) is 3.54. The van der Waals surface area contributed by atoms with E-state index in [-0.39, 0.29) is 35.3 Å². The number of hydrogen-bond acceptors (Lipinski definition) is 2. The third kappa shape index (κ3) is 8.53. The number of likely N-dealkylation sites (tertiary alicyclic amines) is 1. The van der Waals surface area contributed by atoms with Crippen molar-refractivity contribution in [3.63, 3.8) is 0 Å². The number of nitrogens with zero attached hydrogens (tertiary/aromatic N) is 2. The van der Waals surface area contributed by atoms with Gasteiger partial charge in [0.2, 0.25) is 5.91 Å². The van der Waals surface area contributed by atoms with Crippen LogP contribution in [-0.2, 0) is 4.79 Å². The Hall–Kier alpha value is -0.530. The number of aliphatic imine (C=N–C) groups is 1. The number of nitrogens with one attached hydrogen (secondary N) is 2. The molecule has 142 valence electrons. The Morgan fingerprint density at radius 3 is 2.33 bits per heavy atom. The van der Waals surface area contributed by atoms with E-state index in [9.17, 15) is 4.79 Å². The van der Waals surface area contributed by atoms with E-state index < -0.39 is 0 Å². The molecule has 1 aliphatic rings. The van der Waals surface area contributed by atoms with E-state index in [4.69, 9.17) is 0 Å². The Morgan fingerprint density at radius 1 is 1.29 bits per heavy atom. The van der Waals surface area contributed by atoms with Crippen molar-refractivity contribution in [1.29, 1.82) is 0 Å². The molecule has 0 unspecified atom stereocenters. The highest BCUT2D eigenvalue weighted by molar-refractivity contribution is 14.0. The first-order valence-electron chi connectivity index (χ1n) is 8.93. The van der Waals surface area contributed by atoms with Gasteiger partial charge in [-0.3, -0.25) is 9.79 Å². The second-order valence-corrected chi connectivity index (χ2v) is 7.97. The third-order valence-corrected chi connectivity index (χ3v) is 4.56. The van der Waals surface area contributed by atoms with Gasteiger partial charge >= 0.3 is 0 Å². The zero-order valence-corrected chi connectivity index (χ0v) is 18.6. The quantitative estimate of drug-likeness (QED) is 0.370. The highest BCUT2D eigenvalue weighted by Gasteiger charge is 2.25. The fraction of sp³-hybridized carbons (Fsp3) is 0.889. The Kier molecular flexibility index (Phi) is 10.9. The highest BCUT2D eigenvalue weighted by Crippen LogP contribution is 2.25. The van der Waals surface area contributed by atoms with Crippen molar-refractivity contribution in [3.05, 3.63) is 0 Å². The van der Waals surface area contributed by atoms with Crippen LogP contribution >= 0.6 is 24.0 Å². The van der Waals surface area contributed by atoms with Crippen molar-refractivity contribution >= 4 is 35.8 Å². The molecule has 1 rings (SSSR count). The molecular weight excluding hydrogens is 415 g/mol. The van der Waals surface area contributed by atoms with Crippen LogP contribution in [0.5, 0.6) is 0 Å². The van der Waals surface area contributed by atoms with Crippen LogP contribution in [0.1, 0.15) is 53.4 Å². The van der Waals surface area contributed by atoms with Crippen molar-refractivity contribution in [3.8, 4) is 0 Å². The van der Waals surface area contributed by atoms with Crippen LogP contribution in [0.4, 0.5) is 0 Å². The minimum Gasteiger partial charge on any atom is -0.359 e. The lowest BCUT2D eigenvalue weighted by Gasteiger charge is -2.36. The predicted molar refractivity (Wildman–Crippen MR) is 113 cm³/mol. The smallest absolute Gasteiger partial charge is 0.220 e. The summed E-state index contributed by atoms with van der Waals surface area (Å²) in [5, 5.41) is 6.27. The molecule has 0 spiro atoms. The maximum atomic E-state index is 11.5. The van der Waals surface area contributed by atoms with E-state index in [2.05, 4.69) is 48.2 Å². The van der Waals surface area contributed by atoms with Gasteiger partial charge in [0.15, 0.2) is 5.96 Å². The van der Waals surface area contributed by atoms with Crippen LogP contribution in [0.3, 0.4) is 0 Å². The summed E-state index contributed by atoms with van der Waals surface area (Å²) >= 11 is 0. The van der Waals surface area contributed by atoms with Gasteiger partial charge in [-0.1, -0.05) is 27.7 Å². The minimum absolute atomic E-state index is 0. The van der Waals surface area contributed by atoms with Crippen molar-refractivity contribution in [2.75, 3.05) is 33.7 Å². The molecule has 0 aromatic rings. The first kappa shape index (κ1) is 23.5. The summed E-state index contributed by atoms with van der Waals surface area (Å²) in [6, 6.07) is 0. The lowest BCUT2D eigenvalue weighted by molar-refractivity contribution is -0.121. The predicted octanol–water partition coefficient (Wildman–Crippen LogP) is 3.10. The van der Waals surface area contributed by atoms with Gasteiger partial charge in [-0.05, 0) is 36.5 Å². The molecule has 0 aromatic heterocycles. The van der Waals surface area contributed by atoms with Crippen LogP contribution in [0.25, 0.3) is 0 Å². The lowest BCUT2D eigenvalue weighted by atomic mass is 9.84. The van der Waals surface area contributed by atoms with Crippen LogP contribution in [0.2, 0.25) is 0 Å². The number of piperidine rings is 1. The Bertz CT molecular complexity index is 402. The number of hydrogen-bond donors (Lipinski definition) is 2. The summed E-state index contributed by atoms with van der Waals surface area (Å²) in [6.07, 6.45) is 3.97. The zero-order chi connectivity index (χ0) is 17.5. The number of amides is 1. The van der Waals surface area contributed by atoms with E-state index in [1.807, 2.05) is 7.05 Å². The first-order valence-corrected chi connectivity index (χ1v) is 8.93. The molecule has 1 aliphatic heterocycles. The third-order valence-electron chi connectivity index (χ3n) is 4.56. The van der Waals surface area contributed by atoms with Gasteiger partial charge in [-0.25, -0.2) is 0 Å². The van der Waals surface area contributed by atoms with Crippen molar-refractivity contribution in [2.45, 2.75) is 53.4 Å². The SMILES string of the molecule is CN=C(NCC(C)(C)CC(C)C)N1CCC(CC(=O)NC)CC1.I. The van der Waals surface area contributed by atoms with Gasteiger partial charge < -0.3 is 15.5 Å². The molecule has 0 aromatic carbocycles. The molecule has 0 radical (unpaired) electrons. The standard InChI is InChI=1S/C18H36N4O.HI/c1-14(2)12-18(3,4)13-21-17(20-6)22-9-7-15(8-10-22)11-16(23)19-5;/h14-15H,7-13H2,1-6H3,(H,19,23)(H,20,21);1H. The second kappa shape index (κ2) is 11.2. The maximum absolute atomic E-state index is 11.5. The monoisotopic (exact) mass is 452 g/mol. The summed E-state index contributed by atoms with van der Waals surface area (Å²) in [7, 11) is 3.57. The normalized spacial score (nSPS) is 16.8. The van der Waals surface area contributed by atoms with Gasteiger partial charge in [0.25, 0.3) is 0 Å². The Balaban J connectivity index is 0.00000529. The molecule has 0 saturated carbocycles. The van der Waals surface area contributed by atoms with Crippen molar-refractivity contribution < 1.29 is 4.79 Å². The number of guanidine groups is 1. The summed E-state index contributed by atoms with van der Waals surface area (Å²) in [5.74, 6) is 2.36. The molecule has 0 atom stereocenters. The van der Waals surface area contributed by atoms with Crippen LogP contribution < -0.4 is 10.6 Å². The van der Waals surface area contributed by atoms with E-state index in [0.29, 0.717) is 18.3 Å². The second-order valence-electron chi connectivity index (χ2n) is 7.97. The Labute approximate surface area is 165 Å². The fourth-order valence-corrected chi connectivity index (χ4v) is 3.54. The lowest BCUT2D eigenvalue weighted by Crippen LogP contribution is -2.48. The highest BCUT2D eigenvalue weighted by atomic mass is 127.